The molecule has 5 heteroatoms. The Bertz CT molecular complexity index is 530. The molecule has 1 unspecified atom stereocenters. The van der Waals surface area contributed by atoms with Gasteiger partial charge in [-0.1, -0.05) is 31.2 Å². The van der Waals surface area contributed by atoms with E-state index >= 15 is 0 Å². The molecule has 0 N–H and O–H groups in total. The number of hydrogen-bond acceptors (Lipinski definition) is 5. The monoisotopic (exact) mass is 290 g/mol. The first-order valence-electron chi connectivity index (χ1n) is 6.89. The quantitative estimate of drug-likeness (QED) is 0.628. The van der Waals surface area contributed by atoms with Gasteiger partial charge in [0.25, 0.3) is 0 Å². The molecule has 1 saturated heterocycles. The summed E-state index contributed by atoms with van der Waals surface area (Å²) in [5.74, 6) is -1.25. The van der Waals surface area contributed by atoms with Gasteiger partial charge in [-0.05, 0) is 17.0 Å². The summed E-state index contributed by atoms with van der Waals surface area (Å²) < 4.78 is 9.18. The highest BCUT2D eigenvalue weighted by Crippen LogP contribution is 2.29. The number of hydrogen-bond donors (Lipinski definition) is 0. The van der Waals surface area contributed by atoms with Gasteiger partial charge in [0.1, 0.15) is 0 Å². The van der Waals surface area contributed by atoms with Crippen molar-refractivity contribution in [3.8, 4) is 0 Å². The topological polar surface area (TPSA) is 69.7 Å². The number of carbonyl (C=O) groups is 3. The van der Waals surface area contributed by atoms with Gasteiger partial charge in [-0.2, -0.15) is 0 Å². The van der Waals surface area contributed by atoms with Crippen molar-refractivity contribution in [2.75, 3.05) is 7.11 Å². The van der Waals surface area contributed by atoms with E-state index in [0.29, 0.717) is 6.42 Å². The molecule has 21 heavy (non-hydrogen) atoms. The number of benzene rings is 1. The van der Waals surface area contributed by atoms with Crippen LogP contribution >= 0.6 is 0 Å². The highest BCUT2D eigenvalue weighted by Gasteiger charge is 2.28. The SMILES string of the molecule is COC(=O)CC(C)c1ccc(C2CC(=O)OC(=O)C2)cc1. The average Bonchev–Trinajstić information content (AvgIpc) is 2.46. The molecule has 1 heterocycles. The Balaban J connectivity index is 2.06. The lowest BCUT2D eigenvalue weighted by atomic mass is 9.89. The zero-order valence-corrected chi connectivity index (χ0v) is 12.1. The Morgan fingerprint density at radius 1 is 1.24 bits per heavy atom. The van der Waals surface area contributed by atoms with Crippen molar-refractivity contribution in [2.24, 2.45) is 0 Å². The summed E-state index contributed by atoms with van der Waals surface area (Å²) in [6.45, 7) is 1.95. The van der Waals surface area contributed by atoms with Crippen molar-refractivity contribution in [1.82, 2.24) is 0 Å². The Morgan fingerprint density at radius 3 is 2.33 bits per heavy atom. The second kappa shape index (κ2) is 6.52. The lowest BCUT2D eigenvalue weighted by Crippen LogP contribution is -2.24. The Labute approximate surface area is 123 Å². The normalized spacial score (nSPS) is 17.2. The zero-order chi connectivity index (χ0) is 15.4. The molecule has 0 aliphatic carbocycles. The predicted molar refractivity (Wildman–Crippen MR) is 74.6 cm³/mol. The minimum absolute atomic E-state index is 0.0597. The minimum atomic E-state index is -0.473. The highest BCUT2D eigenvalue weighted by molar-refractivity contribution is 5.89. The van der Waals surface area contributed by atoms with Crippen LogP contribution in [-0.4, -0.2) is 25.0 Å². The molecule has 5 nitrogen and oxygen atoms in total. The van der Waals surface area contributed by atoms with E-state index in [1.807, 2.05) is 31.2 Å². The Hall–Kier alpha value is -2.17. The first kappa shape index (κ1) is 15.2. The molecule has 1 aliphatic rings. The summed E-state index contributed by atoms with van der Waals surface area (Å²) >= 11 is 0. The van der Waals surface area contributed by atoms with Crippen LogP contribution in [0.15, 0.2) is 24.3 Å². The average molecular weight is 290 g/mol. The second-order valence-corrected chi connectivity index (χ2v) is 5.30. The maximum absolute atomic E-state index is 11.3. The van der Waals surface area contributed by atoms with E-state index in [9.17, 15) is 14.4 Å². The summed E-state index contributed by atoms with van der Waals surface area (Å²) in [5.41, 5.74) is 1.96. The van der Waals surface area contributed by atoms with Gasteiger partial charge in [0.15, 0.2) is 0 Å². The van der Waals surface area contributed by atoms with E-state index in [-0.39, 0.29) is 30.6 Å². The second-order valence-electron chi connectivity index (χ2n) is 5.30. The van der Waals surface area contributed by atoms with Gasteiger partial charge >= 0.3 is 17.9 Å². The number of cyclic esters (lactones) is 2. The van der Waals surface area contributed by atoms with E-state index in [4.69, 9.17) is 0 Å². The van der Waals surface area contributed by atoms with Crippen LogP contribution in [-0.2, 0) is 23.9 Å². The molecule has 112 valence electrons. The molecule has 0 amide bonds. The molecule has 0 saturated carbocycles. The summed E-state index contributed by atoms with van der Waals surface area (Å²) in [5, 5.41) is 0. The van der Waals surface area contributed by atoms with Gasteiger partial charge < -0.3 is 9.47 Å². The Morgan fingerprint density at radius 2 is 1.81 bits per heavy atom. The van der Waals surface area contributed by atoms with Crippen LogP contribution in [0.4, 0.5) is 0 Å². The van der Waals surface area contributed by atoms with Gasteiger partial charge in [0.05, 0.1) is 26.4 Å². The summed E-state index contributed by atoms with van der Waals surface area (Å²) in [6.07, 6.45) is 0.774. The molecule has 1 aromatic carbocycles. The largest absolute Gasteiger partial charge is 0.469 e. The molecular weight excluding hydrogens is 272 g/mol. The number of esters is 3. The molecule has 0 aromatic heterocycles. The fourth-order valence-corrected chi connectivity index (χ4v) is 2.47. The Kier molecular flexibility index (Phi) is 4.73. The van der Waals surface area contributed by atoms with E-state index < -0.39 is 11.9 Å². The highest BCUT2D eigenvalue weighted by atomic mass is 16.6. The van der Waals surface area contributed by atoms with Gasteiger partial charge in [0, 0.05) is 5.92 Å². The van der Waals surface area contributed by atoms with Crippen LogP contribution in [0.25, 0.3) is 0 Å². The van der Waals surface area contributed by atoms with Crippen LogP contribution in [0.1, 0.15) is 49.1 Å². The fourth-order valence-electron chi connectivity index (χ4n) is 2.47. The van der Waals surface area contributed by atoms with E-state index in [1.54, 1.807) is 0 Å². The van der Waals surface area contributed by atoms with Crippen LogP contribution in [0.3, 0.4) is 0 Å². The van der Waals surface area contributed by atoms with Crippen LogP contribution < -0.4 is 0 Å². The van der Waals surface area contributed by atoms with Gasteiger partial charge in [-0.3, -0.25) is 14.4 Å². The molecule has 0 bridgehead atoms. The molecule has 1 aromatic rings. The van der Waals surface area contributed by atoms with E-state index in [1.165, 1.54) is 7.11 Å². The first-order chi connectivity index (χ1) is 9.99. The van der Waals surface area contributed by atoms with Gasteiger partial charge in [-0.25, -0.2) is 0 Å². The summed E-state index contributed by atoms with van der Waals surface area (Å²) in [4.78, 5) is 33.9. The van der Waals surface area contributed by atoms with Crippen molar-refractivity contribution in [2.45, 2.75) is 38.0 Å². The third-order valence-electron chi connectivity index (χ3n) is 3.73. The van der Waals surface area contributed by atoms with Gasteiger partial charge in [-0.15, -0.1) is 0 Å². The summed E-state index contributed by atoms with van der Waals surface area (Å²) in [6, 6.07) is 7.65. The van der Waals surface area contributed by atoms with Crippen molar-refractivity contribution >= 4 is 17.9 Å². The third-order valence-corrected chi connectivity index (χ3v) is 3.73. The molecular formula is C16H18O5. The van der Waals surface area contributed by atoms with Crippen LogP contribution in [0.5, 0.6) is 0 Å². The number of ether oxygens (including phenoxy) is 2. The lowest BCUT2D eigenvalue weighted by Gasteiger charge is -2.20. The first-order valence-corrected chi connectivity index (χ1v) is 6.89. The zero-order valence-electron chi connectivity index (χ0n) is 12.1. The maximum atomic E-state index is 11.3. The van der Waals surface area contributed by atoms with Gasteiger partial charge in [0.2, 0.25) is 0 Å². The minimum Gasteiger partial charge on any atom is -0.469 e. The summed E-state index contributed by atoms with van der Waals surface area (Å²) in [7, 11) is 1.37. The molecule has 0 spiro atoms. The smallest absolute Gasteiger partial charge is 0.314 e. The molecule has 1 fully saturated rings. The lowest BCUT2D eigenvalue weighted by molar-refractivity contribution is -0.164. The standard InChI is InChI=1S/C16H18O5/c1-10(7-14(17)20-2)11-3-5-12(6-4-11)13-8-15(18)21-16(19)9-13/h3-6,10,13H,7-9H2,1-2H3. The van der Waals surface area contributed by atoms with Crippen molar-refractivity contribution in [1.29, 1.82) is 0 Å². The van der Waals surface area contributed by atoms with Crippen molar-refractivity contribution < 1.29 is 23.9 Å². The van der Waals surface area contributed by atoms with Crippen LogP contribution in [0.2, 0.25) is 0 Å². The van der Waals surface area contributed by atoms with E-state index in [0.717, 1.165) is 11.1 Å². The predicted octanol–water partition coefficient (Wildman–Crippen LogP) is 2.30. The van der Waals surface area contributed by atoms with Crippen molar-refractivity contribution in [3.63, 3.8) is 0 Å². The molecule has 1 atom stereocenters. The maximum Gasteiger partial charge on any atom is 0.314 e. The van der Waals surface area contributed by atoms with Crippen molar-refractivity contribution in [3.05, 3.63) is 35.4 Å². The molecule has 0 radical (unpaired) electrons. The number of carbonyl (C=O) groups excluding carboxylic acids is 3. The van der Waals surface area contributed by atoms with E-state index in [2.05, 4.69) is 9.47 Å². The number of methoxy groups -OCH3 is 1. The third kappa shape index (κ3) is 3.90. The molecule has 2 rings (SSSR count). The number of rotatable bonds is 4. The molecule has 1 aliphatic heterocycles. The fraction of sp³-hybridized carbons (Fsp3) is 0.438. The van der Waals surface area contributed by atoms with Crippen LogP contribution in [0, 0.1) is 0 Å².